The minimum absolute atomic E-state index is 0.206. The van der Waals surface area contributed by atoms with E-state index < -0.39 is 0 Å². The van der Waals surface area contributed by atoms with E-state index in [1.54, 1.807) is 0 Å². The summed E-state index contributed by atoms with van der Waals surface area (Å²) in [5, 5.41) is 1.05. The van der Waals surface area contributed by atoms with E-state index in [-0.39, 0.29) is 5.91 Å². The molecular formula is C15H22BrNO. The number of benzene rings is 1. The molecular weight excluding hydrogens is 290 g/mol. The van der Waals surface area contributed by atoms with Crippen molar-refractivity contribution in [3.63, 3.8) is 0 Å². The summed E-state index contributed by atoms with van der Waals surface area (Å²) >= 11 is 3.42. The number of rotatable bonds is 7. The van der Waals surface area contributed by atoms with Gasteiger partial charge in [0.15, 0.2) is 0 Å². The zero-order valence-corrected chi connectivity index (χ0v) is 12.9. The Bertz CT molecular complexity index is 361. The summed E-state index contributed by atoms with van der Waals surface area (Å²) in [5.41, 5.74) is 2.33. The van der Waals surface area contributed by atoms with E-state index in [1.165, 1.54) is 18.4 Å². The van der Waals surface area contributed by atoms with Gasteiger partial charge in [0.05, 0.1) is 6.42 Å². The third-order valence-corrected chi connectivity index (χ3v) is 3.59. The number of halogens is 1. The predicted molar refractivity (Wildman–Crippen MR) is 80.2 cm³/mol. The van der Waals surface area contributed by atoms with Gasteiger partial charge in [0.2, 0.25) is 5.91 Å². The molecule has 0 fully saturated rings. The fourth-order valence-corrected chi connectivity index (χ4v) is 2.16. The van der Waals surface area contributed by atoms with Crippen LogP contribution in [0.2, 0.25) is 0 Å². The third-order valence-electron chi connectivity index (χ3n) is 3.03. The van der Waals surface area contributed by atoms with E-state index in [2.05, 4.69) is 35.0 Å². The number of nitrogens with zero attached hydrogens (tertiary/aromatic N) is 1. The van der Waals surface area contributed by atoms with Crippen molar-refractivity contribution in [2.45, 2.75) is 32.6 Å². The maximum atomic E-state index is 12.0. The lowest BCUT2D eigenvalue weighted by atomic mass is 10.1. The van der Waals surface area contributed by atoms with E-state index in [0.29, 0.717) is 6.42 Å². The van der Waals surface area contributed by atoms with Crippen LogP contribution in [0.3, 0.4) is 0 Å². The minimum Gasteiger partial charge on any atom is -0.345 e. The molecule has 0 unspecified atom stereocenters. The molecule has 0 saturated carbocycles. The van der Waals surface area contributed by atoms with Crippen LogP contribution < -0.4 is 0 Å². The number of carbonyl (C=O) groups is 1. The van der Waals surface area contributed by atoms with Crippen LogP contribution in [0.1, 0.15) is 30.4 Å². The normalized spacial score (nSPS) is 10.4. The van der Waals surface area contributed by atoms with Crippen molar-refractivity contribution < 1.29 is 4.79 Å². The Balaban J connectivity index is 2.33. The first-order valence-electron chi connectivity index (χ1n) is 6.49. The molecule has 1 rings (SSSR count). The third kappa shape index (κ3) is 5.67. The van der Waals surface area contributed by atoms with E-state index in [1.807, 2.05) is 24.1 Å². The zero-order chi connectivity index (χ0) is 13.4. The Hall–Kier alpha value is -0.830. The average Bonchev–Trinajstić information content (AvgIpc) is 2.37. The van der Waals surface area contributed by atoms with Crippen molar-refractivity contribution in [2.75, 3.05) is 18.9 Å². The van der Waals surface area contributed by atoms with Crippen molar-refractivity contribution in [2.24, 2.45) is 0 Å². The predicted octanol–water partition coefficient (Wildman–Crippen LogP) is 3.56. The maximum absolute atomic E-state index is 12.0. The van der Waals surface area contributed by atoms with Crippen molar-refractivity contribution >= 4 is 21.8 Å². The SMILES string of the molecule is Cc1ccc(CC(=O)N(C)CCCCCBr)cc1. The second-order valence-corrected chi connectivity index (χ2v) is 5.52. The number of likely N-dealkylation sites (N-methyl/N-ethyl adjacent to an activating group) is 1. The lowest BCUT2D eigenvalue weighted by molar-refractivity contribution is -0.129. The highest BCUT2D eigenvalue weighted by Gasteiger charge is 2.08. The van der Waals surface area contributed by atoms with Crippen molar-refractivity contribution in [3.8, 4) is 0 Å². The summed E-state index contributed by atoms with van der Waals surface area (Å²) in [6, 6.07) is 8.18. The van der Waals surface area contributed by atoms with Gasteiger partial charge in [-0.05, 0) is 25.3 Å². The zero-order valence-electron chi connectivity index (χ0n) is 11.3. The van der Waals surface area contributed by atoms with Crippen LogP contribution >= 0.6 is 15.9 Å². The fourth-order valence-electron chi connectivity index (χ4n) is 1.76. The molecule has 0 aliphatic carbocycles. The van der Waals surface area contributed by atoms with Gasteiger partial charge in [-0.2, -0.15) is 0 Å². The molecule has 0 spiro atoms. The second kappa shape index (κ2) is 8.30. The monoisotopic (exact) mass is 311 g/mol. The molecule has 0 bridgehead atoms. The Morgan fingerprint density at radius 3 is 2.44 bits per heavy atom. The number of unbranched alkanes of at least 4 members (excludes halogenated alkanes) is 2. The van der Waals surface area contributed by atoms with E-state index in [9.17, 15) is 4.79 Å². The summed E-state index contributed by atoms with van der Waals surface area (Å²) in [6.45, 7) is 2.92. The molecule has 0 aliphatic heterocycles. The average molecular weight is 312 g/mol. The summed E-state index contributed by atoms with van der Waals surface area (Å²) in [6.07, 6.45) is 3.95. The molecule has 1 aromatic rings. The van der Waals surface area contributed by atoms with Gasteiger partial charge < -0.3 is 4.90 Å². The molecule has 0 aliphatic rings. The molecule has 18 heavy (non-hydrogen) atoms. The molecule has 1 aromatic carbocycles. The first kappa shape index (κ1) is 15.2. The first-order chi connectivity index (χ1) is 8.63. The van der Waals surface area contributed by atoms with Gasteiger partial charge >= 0.3 is 0 Å². The number of alkyl halides is 1. The lowest BCUT2D eigenvalue weighted by Gasteiger charge is -2.17. The largest absolute Gasteiger partial charge is 0.345 e. The molecule has 2 nitrogen and oxygen atoms in total. The topological polar surface area (TPSA) is 20.3 Å². The Labute approximate surface area is 119 Å². The Morgan fingerprint density at radius 1 is 1.17 bits per heavy atom. The number of aryl methyl sites for hydroxylation is 1. The lowest BCUT2D eigenvalue weighted by Crippen LogP contribution is -2.29. The van der Waals surface area contributed by atoms with Crippen LogP contribution in [0, 0.1) is 6.92 Å². The first-order valence-corrected chi connectivity index (χ1v) is 7.61. The van der Waals surface area contributed by atoms with Crippen molar-refractivity contribution in [1.82, 2.24) is 4.90 Å². The van der Waals surface area contributed by atoms with Crippen molar-refractivity contribution in [3.05, 3.63) is 35.4 Å². The number of hydrogen-bond acceptors (Lipinski definition) is 1. The molecule has 0 atom stereocenters. The van der Waals surface area contributed by atoms with Gasteiger partial charge in [0, 0.05) is 18.9 Å². The minimum atomic E-state index is 0.206. The fraction of sp³-hybridized carbons (Fsp3) is 0.533. The van der Waals surface area contributed by atoms with Gasteiger partial charge in [0.25, 0.3) is 0 Å². The van der Waals surface area contributed by atoms with Crippen LogP contribution in [0.25, 0.3) is 0 Å². The van der Waals surface area contributed by atoms with Crippen LogP contribution in [0.4, 0.5) is 0 Å². The molecule has 0 heterocycles. The second-order valence-electron chi connectivity index (χ2n) is 4.73. The van der Waals surface area contributed by atoms with Gasteiger partial charge in [-0.25, -0.2) is 0 Å². The summed E-state index contributed by atoms with van der Waals surface area (Å²) < 4.78 is 0. The molecule has 0 N–H and O–H groups in total. The molecule has 0 aromatic heterocycles. The molecule has 3 heteroatoms. The van der Waals surface area contributed by atoms with Gasteiger partial charge in [0.1, 0.15) is 0 Å². The van der Waals surface area contributed by atoms with Gasteiger partial charge in [-0.15, -0.1) is 0 Å². The Kier molecular flexibility index (Phi) is 7.02. The highest BCUT2D eigenvalue weighted by Crippen LogP contribution is 2.06. The van der Waals surface area contributed by atoms with Crippen LogP contribution in [0.5, 0.6) is 0 Å². The molecule has 0 saturated heterocycles. The number of hydrogen-bond donors (Lipinski definition) is 0. The van der Waals surface area contributed by atoms with Crippen LogP contribution in [0.15, 0.2) is 24.3 Å². The van der Waals surface area contributed by atoms with Gasteiger partial charge in [-0.1, -0.05) is 52.2 Å². The summed E-state index contributed by atoms with van der Waals surface area (Å²) in [7, 11) is 1.89. The highest BCUT2D eigenvalue weighted by molar-refractivity contribution is 9.09. The van der Waals surface area contributed by atoms with E-state index in [0.717, 1.165) is 23.9 Å². The van der Waals surface area contributed by atoms with E-state index >= 15 is 0 Å². The van der Waals surface area contributed by atoms with E-state index in [4.69, 9.17) is 0 Å². The van der Waals surface area contributed by atoms with Gasteiger partial charge in [-0.3, -0.25) is 4.79 Å². The smallest absolute Gasteiger partial charge is 0.226 e. The standard InChI is InChI=1S/C15H22BrNO/c1-13-6-8-14(9-7-13)12-15(18)17(2)11-5-3-4-10-16/h6-9H,3-5,10-12H2,1-2H3. The summed E-state index contributed by atoms with van der Waals surface area (Å²) in [5.74, 6) is 0.206. The number of carbonyl (C=O) groups excluding carboxylic acids is 1. The van der Waals surface area contributed by atoms with Crippen LogP contribution in [-0.4, -0.2) is 29.7 Å². The molecule has 1 amide bonds. The van der Waals surface area contributed by atoms with Crippen molar-refractivity contribution in [1.29, 1.82) is 0 Å². The molecule has 100 valence electrons. The maximum Gasteiger partial charge on any atom is 0.226 e. The Morgan fingerprint density at radius 2 is 1.83 bits per heavy atom. The van der Waals surface area contributed by atoms with Crippen LogP contribution in [-0.2, 0) is 11.2 Å². The quantitative estimate of drug-likeness (QED) is 0.557. The summed E-state index contributed by atoms with van der Waals surface area (Å²) in [4.78, 5) is 13.8. The highest BCUT2D eigenvalue weighted by atomic mass is 79.9. The molecule has 0 radical (unpaired) electrons. The number of amides is 1.